The van der Waals surface area contributed by atoms with Crippen LogP contribution in [0.25, 0.3) is 5.52 Å². The van der Waals surface area contributed by atoms with E-state index in [1.807, 2.05) is 13.0 Å². The van der Waals surface area contributed by atoms with Gasteiger partial charge in [0.1, 0.15) is 5.52 Å². The molecule has 5 heteroatoms. The zero-order chi connectivity index (χ0) is 11.8. The molecule has 5 nitrogen and oxygen atoms in total. The van der Waals surface area contributed by atoms with Gasteiger partial charge in [0, 0.05) is 18.9 Å². The second kappa shape index (κ2) is 3.75. The normalized spacial score (nSPS) is 12.0. The van der Waals surface area contributed by atoms with Crippen molar-refractivity contribution >= 4 is 11.3 Å². The van der Waals surface area contributed by atoms with E-state index in [9.17, 15) is 5.11 Å². The summed E-state index contributed by atoms with van der Waals surface area (Å²) in [4.78, 5) is 4.24. The van der Waals surface area contributed by atoms with Crippen molar-refractivity contribution in [2.45, 2.75) is 26.4 Å². The van der Waals surface area contributed by atoms with E-state index in [-0.39, 0.29) is 0 Å². The fraction of sp³-hybridized carbons (Fsp3) is 0.455. The van der Waals surface area contributed by atoms with Crippen molar-refractivity contribution in [1.29, 1.82) is 0 Å². The molecule has 0 aliphatic rings. The van der Waals surface area contributed by atoms with Crippen molar-refractivity contribution in [2.24, 2.45) is 0 Å². The first-order valence-corrected chi connectivity index (χ1v) is 5.23. The van der Waals surface area contributed by atoms with Crippen LogP contribution in [0.5, 0.6) is 0 Å². The van der Waals surface area contributed by atoms with Crippen LogP contribution in [0.2, 0.25) is 0 Å². The Morgan fingerprint density at radius 3 is 2.94 bits per heavy atom. The second-order valence-corrected chi connectivity index (χ2v) is 4.56. The summed E-state index contributed by atoms with van der Waals surface area (Å²) in [6.07, 6.45) is 3.49. The van der Waals surface area contributed by atoms with Gasteiger partial charge in [-0.1, -0.05) is 0 Å². The molecule has 2 aromatic heterocycles. The standard InChI is InChI=1S/C11H16N4O/c1-8-6-9-10(13-7-11(2,3)16)12-4-5-15(9)14-8/h4-6,16H,7H2,1-3H3,(H,12,13). The van der Waals surface area contributed by atoms with Crippen LogP contribution < -0.4 is 5.32 Å². The number of rotatable bonds is 3. The number of anilines is 1. The predicted molar refractivity (Wildman–Crippen MR) is 62.5 cm³/mol. The molecule has 0 saturated carbocycles. The van der Waals surface area contributed by atoms with Gasteiger partial charge in [0.25, 0.3) is 0 Å². The predicted octanol–water partition coefficient (Wildman–Crippen LogP) is 1.22. The van der Waals surface area contributed by atoms with Crippen LogP contribution in [-0.4, -0.2) is 31.9 Å². The summed E-state index contributed by atoms with van der Waals surface area (Å²) in [7, 11) is 0. The Morgan fingerprint density at radius 2 is 2.25 bits per heavy atom. The highest BCUT2D eigenvalue weighted by atomic mass is 16.3. The number of aryl methyl sites for hydroxylation is 1. The van der Waals surface area contributed by atoms with E-state index in [0.29, 0.717) is 6.54 Å². The van der Waals surface area contributed by atoms with Crippen LogP contribution in [-0.2, 0) is 0 Å². The van der Waals surface area contributed by atoms with Gasteiger partial charge in [-0.25, -0.2) is 9.50 Å². The average Bonchev–Trinajstić information content (AvgIpc) is 2.54. The van der Waals surface area contributed by atoms with Gasteiger partial charge in [-0.3, -0.25) is 0 Å². The summed E-state index contributed by atoms with van der Waals surface area (Å²) in [5.74, 6) is 0.741. The number of fused-ring (bicyclic) bond motifs is 1. The first kappa shape index (κ1) is 10.9. The molecule has 0 bridgehead atoms. The van der Waals surface area contributed by atoms with Gasteiger partial charge in [0.2, 0.25) is 0 Å². The third-order valence-electron chi connectivity index (χ3n) is 2.20. The molecule has 0 aliphatic carbocycles. The minimum Gasteiger partial charge on any atom is -0.389 e. The Bertz CT molecular complexity index is 498. The zero-order valence-electron chi connectivity index (χ0n) is 9.73. The van der Waals surface area contributed by atoms with E-state index < -0.39 is 5.60 Å². The topological polar surface area (TPSA) is 62.5 Å². The van der Waals surface area contributed by atoms with E-state index in [0.717, 1.165) is 17.0 Å². The molecule has 2 rings (SSSR count). The van der Waals surface area contributed by atoms with Gasteiger partial charge in [-0.15, -0.1) is 0 Å². The molecule has 0 aliphatic heterocycles. The second-order valence-electron chi connectivity index (χ2n) is 4.56. The lowest BCUT2D eigenvalue weighted by Crippen LogP contribution is -2.29. The van der Waals surface area contributed by atoms with Gasteiger partial charge in [0.15, 0.2) is 5.82 Å². The lowest BCUT2D eigenvalue weighted by atomic mass is 10.1. The van der Waals surface area contributed by atoms with Gasteiger partial charge in [0.05, 0.1) is 11.3 Å². The number of hydrogen-bond donors (Lipinski definition) is 2. The van der Waals surface area contributed by atoms with Gasteiger partial charge in [-0.05, 0) is 26.8 Å². The van der Waals surface area contributed by atoms with Crippen LogP contribution in [0.4, 0.5) is 5.82 Å². The van der Waals surface area contributed by atoms with E-state index in [1.165, 1.54) is 0 Å². The largest absolute Gasteiger partial charge is 0.389 e. The van der Waals surface area contributed by atoms with Crippen molar-refractivity contribution in [3.8, 4) is 0 Å². The van der Waals surface area contributed by atoms with Crippen LogP contribution in [0.3, 0.4) is 0 Å². The van der Waals surface area contributed by atoms with Crippen molar-refractivity contribution in [1.82, 2.24) is 14.6 Å². The summed E-state index contributed by atoms with van der Waals surface area (Å²) in [5, 5.41) is 17.1. The van der Waals surface area contributed by atoms with Gasteiger partial charge in [-0.2, -0.15) is 5.10 Å². The molecule has 2 aromatic rings. The maximum absolute atomic E-state index is 9.64. The summed E-state index contributed by atoms with van der Waals surface area (Å²) < 4.78 is 1.77. The highest BCUT2D eigenvalue weighted by molar-refractivity contribution is 5.67. The van der Waals surface area contributed by atoms with E-state index >= 15 is 0 Å². The molecule has 86 valence electrons. The number of hydrogen-bond acceptors (Lipinski definition) is 4. The van der Waals surface area contributed by atoms with Crippen LogP contribution >= 0.6 is 0 Å². The minimum atomic E-state index is -0.760. The Morgan fingerprint density at radius 1 is 1.50 bits per heavy atom. The minimum absolute atomic E-state index is 0.448. The smallest absolute Gasteiger partial charge is 0.152 e. The Kier molecular flexibility index (Phi) is 2.55. The molecule has 16 heavy (non-hydrogen) atoms. The Balaban J connectivity index is 2.30. The van der Waals surface area contributed by atoms with E-state index in [2.05, 4.69) is 15.4 Å². The number of aliphatic hydroxyl groups is 1. The lowest BCUT2D eigenvalue weighted by Gasteiger charge is -2.18. The fourth-order valence-corrected chi connectivity index (χ4v) is 1.48. The molecule has 0 saturated heterocycles. The Labute approximate surface area is 94.1 Å². The lowest BCUT2D eigenvalue weighted by molar-refractivity contribution is 0.0944. The summed E-state index contributed by atoms with van der Waals surface area (Å²) in [6, 6.07) is 1.96. The molecule has 2 N–H and O–H groups in total. The maximum atomic E-state index is 9.64. The van der Waals surface area contributed by atoms with Crippen LogP contribution in [0.15, 0.2) is 18.5 Å². The van der Waals surface area contributed by atoms with Crippen LogP contribution in [0.1, 0.15) is 19.5 Å². The summed E-state index contributed by atoms with van der Waals surface area (Å²) in [6.45, 7) is 5.89. The van der Waals surface area contributed by atoms with Crippen molar-refractivity contribution in [3.63, 3.8) is 0 Å². The Hall–Kier alpha value is -1.62. The SMILES string of the molecule is Cc1cc2c(NCC(C)(C)O)nccn2n1. The summed E-state index contributed by atoms with van der Waals surface area (Å²) >= 11 is 0. The zero-order valence-corrected chi connectivity index (χ0v) is 9.73. The molecule has 0 atom stereocenters. The highest BCUT2D eigenvalue weighted by Crippen LogP contribution is 2.15. The molecule has 0 fully saturated rings. The molecule has 0 spiro atoms. The van der Waals surface area contributed by atoms with Gasteiger partial charge < -0.3 is 10.4 Å². The molecule has 0 unspecified atom stereocenters. The third kappa shape index (κ3) is 2.30. The quantitative estimate of drug-likeness (QED) is 0.816. The van der Waals surface area contributed by atoms with E-state index in [1.54, 1.807) is 30.8 Å². The van der Waals surface area contributed by atoms with Crippen LogP contribution in [0, 0.1) is 6.92 Å². The monoisotopic (exact) mass is 220 g/mol. The van der Waals surface area contributed by atoms with E-state index in [4.69, 9.17) is 0 Å². The first-order valence-electron chi connectivity index (χ1n) is 5.23. The fourth-order valence-electron chi connectivity index (χ4n) is 1.48. The number of nitrogens with one attached hydrogen (secondary N) is 1. The number of aromatic nitrogens is 3. The summed E-state index contributed by atoms with van der Waals surface area (Å²) in [5.41, 5.74) is 1.10. The van der Waals surface area contributed by atoms with Crippen molar-refractivity contribution in [3.05, 3.63) is 24.2 Å². The third-order valence-corrected chi connectivity index (χ3v) is 2.20. The molecular weight excluding hydrogens is 204 g/mol. The molecule has 0 radical (unpaired) electrons. The molecular formula is C11H16N4O. The highest BCUT2D eigenvalue weighted by Gasteiger charge is 2.13. The molecule has 0 aromatic carbocycles. The molecule has 0 amide bonds. The maximum Gasteiger partial charge on any atom is 0.152 e. The first-order chi connectivity index (χ1) is 7.46. The van der Waals surface area contributed by atoms with Crippen molar-refractivity contribution in [2.75, 3.05) is 11.9 Å². The van der Waals surface area contributed by atoms with Crippen molar-refractivity contribution < 1.29 is 5.11 Å². The average molecular weight is 220 g/mol. The van der Waals surface area contributed by atoms with Gasteiger partial charge >= 0.3 is 0 Å². The number of nitrogens with zero attached hydrogens (tertiary/aromatic N) is 3. The molecule has 2 heterocycles.